The molecule has 0 atom stereocenters. The second-order valence-electron chi connectivity index (χ2n) is 4.37. The van der Waals surface area contributed by atoms with Crippen molar-refractivity contribution in [2.45, 2.75) is 25.7 Å². The summed E-state index contributed by atoms with van der Waals surface area (Å²) < 4.78 is 0. The zero-order valence-electron chi connectivity index (χ0n) is 10.8. The molecule has 1 aliphatic heterocycles. The maximum atomic E-state index is 12.0. The number of nitrogens with zero attached hydrogens (tertiary/aromatic N) is 2. The fourth-order valence-corrected chi connectivity index (χ4v) is 2.20. The summed E-state index contributed by atoms with van der Waals surface area (Å²) in [5, 5.41) is 11.6. The Hall–Kier alpha value is -2.35. The summed E-state index contributed by atoms with van der Waals surface area (Å²) in [6.07, 6.45) is 1.19. The van der Waals surface area contributed by atoms with Crippen molar-refractivity contribution in [1.82, 2.24) is 0 Å². The molecule has 98 valence electrons. The second-order valence-corrected chi connectivity index (χ2v) is 4.37. The minimum absolute atomic E-state index is 0.0788. The Morgan fingerprint density at radius 1 is 1.47 bits per heavy atom. The van der Waals surface area contributed by atoms with Crippen LogP contribution in [0.25, 0.3) is 0 Å². The monoisotopic (exact) mass is 257 g/mol. The molecule has 0 spiro atoms. The third-order valence-electron chi connectivity index (χ3n) is 3.17. The van der Waals surface area contributed by atoms with E-state index in [4.69, 9.17) is 5.26 Å². The van der Waals surface area contributed by atoms with Gasteiger partial charge in [0.2, 0.25) is 11.8 Å². The van der Waals surface area contributed by atoms with Crippen LogP contribution in [-0.2, 0) is 16.0 Å². The summed E-state index contributed by atoms with van der Waals surface area (Å²) >= 11 is 0. The number of nitrogens with one attached hydrogen (secondary N) is 1. The van der Waals surface area contributed by atoms with Gasteiger partial charge >= 0.3 is 0 Å². The number of fused-ring (bicyclic) bond motifs is 1. The van der Waals surface area contributed by atoms with E-state index in [-0.39, 0.29) is 24.7 Å². The lowest BCUT2D eigenvalue weighted by Gasteiger charge is -2.28. The van der Waals surface area contributed by atoms with Crippen LogP contribution in [0.15, 0.2) is 18.2 Å². The van der Waals surface area contributed by atoms with Crippen LogP contribution in [0, 0.1) is 11.3 Å². The molecule has 0 bridgehead atoms. The Morgan fingerprint density at radius 2 is 2.26 bits per heavy atom. The van der Waals surface area contributed by atoms with Crippen LogP contribution in [0.3, 0.4) is 0 Å². The van der Waals surface area contributed by atoms with Crippen LogP contribution < -0.4 is 10.2 Å². The first-order valence-electron chi connectivity index (χ1n) is 6.20. The summed E-state index contributed by atoms with van der Waals surface area (Å²) in [5.74, 6) is -0.489. The Bertz CT molecular complexity index is 560. The van der Waals surface area contributed by atoms with Gasteiger partial charge in [0, 0.05) is 32.0 Å². The minimum Gasteiger partial charge on any atom is -0.388 e. The normalized spacial score (nSPS) is 13.7. The Labute approximate surface area is 111 Å². The van der Waals surface area contributed by atoms with Crippen molar-refractivity contribution < 1.29 is 9.59 Å². The smallest absolute Gasteiger partial charge is 0.234 e. The van der Waals surface area contributed by atoms with Gasteiger partial charge in [0.25, 0.3) is 0 Å². The summed E-state index contributed by atoms with van der Waals surface area (Å²) in [5.41, 5.74) is 2.59. The van der Waals surface area contributed by atoms with E-state index >= 15 is 0 Å². The zero-order valence-corrected chi connectivity index (χ0v) is 10.8. The molecule has 5 nitrogen and oxygen atoms in total. The van der Waals surface area contributed by atoms with Crippen LogP contribution in [0.1, 0.15) is 24.8 Å². The number of hydrogen-bond acceptors (Lipinski definition) is 4. The molecule has 2 rings (SSSR count). The quantitative estimate of drug-likeness (QED) is 0.896. The molecule has 5 heteroatoms. The van der Waals surface area contributed by atoms with Crippen molar-refractivity contribution in [2.24, 2.45) is 0 Å². The largest absolute Gasteiger partial charge is 0.388 e. The van der Waals surface area contributed by atoms with E-state index in [2.05, 4.69) is 5.32 Å². The first-order valence-corrected chi connectivity index (χ1v) is 6.20. The van der Waals surface area contributed by atoms with Gasteiger partial charge in [0.1, 0.15) is 0 Å². The molecule has 1 aromatic carbocycles. The molecule has 0 unspecified atom stereocenters. The molecular weight excluding hydrogens is 242 g/mol. The third kappa shape index (κ3) is 2.58. The number of nitriles is 1. The molecule has 1 N–H and O–H groups in total. The molecule has 0 saturated heterocycles. The van der Waals surface area contributed by atoms with E-state index in [0.29, 0.717) is 18.5 Å². The lowest BCUT2D eigenvalue weighted by Crippen LogP contribution is -2.40. The number of rotatable bonds is 3. The molecule has 0 radical (unpaired) electrons. The predicted octanol–water partition coefficient (Wildman–Crippen LogP) is 1.84. The molecule has 19 heavy (non-hydrogen) atoms. The van der Waals surface area contributed by atoms with Crippen molar-refractivity contribution in [3.63, 3.8) is 0 Å². The van der Waals surface area contributed by atoms with E-state index in [1.165, 1.54) is 4.90 Å². The van der Waals surface area contributed by atoms with E-state index in [1.807, 2.05) is 25.2 Å². The van der Waals surface area contributed by atoms with Crippen molar-refractivity contribution in [3.8, 4) is 6.07 Å². The van der Waals surface area contributed by atoms with E-state index < -0.39 is 0 Å². The average Bonchev–Trinajstić information content (AvgIpc) is 2.44. The standard InChI is InChI=1S/C14H15N3O2/c1-16-11-5-6-12-10(9-11)4-7-14(19)17(12)13(18)3-2-8-15/h5-6,9,16H,2-4,7H2,1H3. The molecule has 0 saturated carbocycles. The summed E-state index contributed by atoms with van der Waals surface area (Å²) in [4.78, 5) is 25.2. The number of amides is 2. The first-order chi connectivity index (χ1) is 9.17. The van der Waals surface area contributed by atoms with Gasteiger partial charge in [0.05, 0.1) is 11.8 Å². The summed E-state index contributed by atoms with van der Waals surface area (Å²) in [6.45, 7) is 0. The predicted molar refractivity (Wildman–Crippen MR) is 71.6 cm³/mol. The number of anilines is 2. The van der Waals surface area contributed by atoms with Gasteiger partial charge < -0.3 is 5.32 Å². The third-order valence-corrected chi connectivity index (χ3v) is 3.17. The molecule has 1 heterocycles. The Kier molecular flexibility index (Phi) is 3.81. The van der Waals surface area contributed by atoms with Crippen molar-refractivity contribution in [2.75, 3.05) is 17.3 Å². The highest BCUT2D eigenvalue weighted by Crippen LogP contribution is 2.30. The van der Waals surface area contributed by atoms with Crippen LogP contribution in [-0.4, -0.2) is 18.9 Å². The minimum atomic E-state index is -0.301. The molecule has 1 aliphatic rings. The maximum absolute atomic E-state index is 12.0. The van der Waals surface area contributed by atoms with Crippen molar-refractivity contribution in [1.29, 1.82) is 5.26 Å². The van der Waals surface area contributed by atoms with Gasteiger partial charge in [-0.1, -0.05) is 0 Å². The zero-order chi connectivity index (χ0) is 13.8. The van der Waals surface area contributed by atoms with Crippen molar-refractivity contribution >= 4 is 23.2 Å². The van der Waals surface area contributed by atoms with Gasteiger partial charge in [-0.3, -0.25) is 14.5 Å². The van der Waals surface area contributed by atoms with Crippen LogP contribution in [0.4, 0.5) is 11.4 Å². The number of carbonyl (C=O) groups excluding carboxylic acids is 2. The maximum Gasteiger partial charge on any atom is 0.234 e. The van der Waals surface area contributed by atoms with Gasteiger partial charge in [-0.25, -0.2) is 0 Å². The lowest BCUT2D eigenvalue weighted by atomic mass is 10.00. The Morgan fingerprint density at radius 3 is 2.95 bits per heavy atom. The molecular formula is C14H15N3O2. The molecule has 0 aliphatic carbocycles. The number of hydrogen-bond donors (Lipinski definition) is 1. The van der Waals surface area contributed by atoms with Crippen LogP contribution >= 0.6 is 0 Å². The van der Waals surface area contributed by atoms with Crippen molar-refractivity contribution in [3.05, 3.63) is 23.8 Å². The van der Waals surface area contributed by atoms with Gasteiger partial charge in [-0.05, 0) is 30.2 Å². The summed E-state index contributed by atoms with van der Waals surface area (Å²) in [6, 6.07) is 7.49. The fourth-order valence-electron chi connectivity index (χ4n) is 2.20. The van der Waals surface area contributed by atoms with E-state index in [0.717, 1.165) is 11.3 Å². The SMILES string of the molecule is CNc1ccc2c(c1)CCC(=O)N2C(=O)CCC#N. The highest BCUT2D eigenvalue weighted by Gasteiger charge is 2.29. The van der Waals surface area contributed by atoms with Crippen LogP contribution in [0.2, 0.25) is 0 Å². The topological polar surface area (TPSA) is 73.2 Å². The molecule has 1 aromatic rings. The summed E-state index contributed by atoms with van der Waals surface area (Å²) in [7, 11) is 1.82. The number of carbonyl (C=O) groups is 2. The van der Waals surface area contributed by atoms with Gasteiger partial charge in [-0.15, -0.1) is 0 Å². The molecule has 2 amide bonds. The molecule has 0 fully saturated rings. The molecule has 0 aromatic heterocycles. The fraction of sp³-hybridized carbons (Fsp3) is 0.357. The number of benzene rings is 1. The van der Waals surface area contributed by atoms with E-state index in [9.17, 15) is 9.59 Å². The number of aryl methyl sites for hydroxylation is 1. The number of imide groups is 1. The lowest BCUT2D eigenvalue weighted by molar-refractivity contribution is -0.126. The second kappa shape index (κ2) is 5.53. The van der Waals surface area contributed by atoms with Crippen LogP contribution in [0.5, 0.6) is 0 Å². The highest BCUT2D eigenvalue weighted by molar-refractivity contribution is 6.16. The van der Waals surface area contributed by atoms with E-state index in [1.54, 1.807) is 6.07 Å². The first kappa shape index (κ1) is 13.1. The Balaban J connectivity index is 2.33. The van der Waals surface area contributed by atoms with Gasteiger partial charge in [0.15, 0.2) is 0 Å². The van der Waals surface area contributed by atoms with Gasteiger partial charge in [-0.2, -0.15) is 5.26 Å². The highest BCUT2D eigenvalue weighted by atomic mass is 16.2. The average molecular weight is 257 g/mol.